The number of rotatable bonds is 4. The monoisotopic (exact) mass is 321 g/mol. The Bertz CT molecular complexity index is 737. The van der Waals surface area contributed by atoms with E-state index in [0.29, 0.717) is 5.69 Å². The Morgan fingerprint density at radius 1 is 1.13 bits per heavy atom. The van der Waals surface area contributed by atoms with Crippen LogP contribution >= 0.6 is 0 Å². The smallest absolute Gasteiger partial charge is 0.338 e. The number of nitrogens with zero attached hydrogens (tertiary/aromatic N) is 3. The number of benzene rings is 1. The lowest BCUT2D eigenvalue weighted by Crippen LogP contribution is -2.21. The Morgan fingerprint density at radius 3 is 2.35 bits per heavy atom. The third-order valence-corrected chi connectivity index (χ3v) is 2.60. The summed E-state index contributed by atoms with van der Waals surface area (Å²) in [7, 11) is 0. The van der Waals surface area contributed by atoms with E-state index in [-0.39, 0.29) is 17.2 Å². The van der Waals surface area contributed by atoms with Crippen LogP contribution in [0.25, 0.3) is 0 Å². The van der Waals surface area contributed by atoms with Crippen LogP contribution in [0, 0.1) is 11.3 Å². The second-order valence-electron chi connectivity index (χ2n) is 4.41. The molecule has 1 amide bonds. The Morgan fingerprint density at radius 2 is 1.74 bits per heavy atom. The molecule has 0 aliphatic heterocycles. The Hall–Kier alpha value is -3.15. The molecule has 0 saturated carbocycles. The summed E-state index contributed by atoms with van der Waals surface area (Å²) in [5, 5.41) is 13.9. The fourth-order valence-electron chi connectivity index (χ4n) is 1.67. The summed E-state index contributed by atoms with van der Waals surface area (Å²) in [5.41, 5.74) is 0.871. The fourth-order valence-corrected chi connectivity index (χ4v) is 1.67. The zero-order valence-electron chi connectivity index (χ0n) is 11.6. The minimum atomic E-state index is -4.55. The molecule has 2 aromatic rings. The van der Waals surface area contributed by atoms with E-state index in [1.165, 1.54) is 36.7 Å². The SMILES string of the molecule is N#Cc1nccnc1Nc1ccc(NC(=O)CC(F)(F)F)cc1. The lowest BCUT2D eigenvalue weighted by Gasteiger charge is -2.09. The Balaban J connectivity index is 2.03. The van der Waals surface area contributed by atoms with Gasteiger partial charge in [-0.2, -0.15) is 18.4 Å². The summed E-state index contributed by atoms with van der Waals surface area (Å²) in [6.07, 6.45) is -3.30. The van der Waals surface area contributed by atoms with Crippen LogP contribution in [0.1, 0.15) is 12.1 Å². The molecule has 0 radical (unpaired) electrons. The fraction of sp³-hybridized carbons (Fsp3) is 0.143. The Kier molecular flexibility index (Phi) is 4.75. The molecule has 1 aromatic heterocycles. The molecule has 0 aliphatic rings. The van der Waals surface area contributed by atoms with Crippen LogP contribution in [-0.4, -0.2) is 22.1 Å². The van der Waals surface area contributed by atoms with Crippen molar-refractivity contribution in [2.45, 2.75) is 12.6 Å². The van der Waals surface area contributed by atoms with Gasteiger partial charge in [0.1, 0.15) is 12.5 Å². The van der Waals surface area contributed by atoms with Crippen LogP contribution in [0.5, 0.6) is 0 Å². The van der Waals surface area contributed by atoms with Gasteiger partial charge in [-0.05, 0) is 24.3 Å². The van der Waals surface area contributed by atoms with Gasteiger partial charge in [0.15, 0.2) is 11.5 Å². The molecule has 0 spiro atoms. The lowest BCUT2D eigenvalue weighted by atomic mass is 10.2. The second kappa shape index (κ2) is 6.74. The van der Waals surface area contributed by atoms with E-state index < -0.39 is 18.5 Å². The standard InChI is InChI=1S/C14H10F3N5O/c15-14(16,17)7-12(23)21-9-1-3-10(4-2-9)22-13-11(8-18)19-5-6-20-13/h1-6H,7H2,(H,20,22)(H,21,23). The number of alkyl halides is 3. The number of anilines is 3. The number of halogens is 3. The van der Waals surface area contributed by atoms with E-state index in [4.69, 9.17) is 5.26 Å². The number of nitriles is 1. The molecule has 0 bridgehead atoms. The predicted molar refractivity (Wildman–Crippen MR) is 75.8 cm³/mol. The third-order valence-electron chi connectivity index (χ3n) is 2.60. The van der Waals surface area contributed by atoms with E-state index in [1.54, 1.807) is 0 Å². The molecular weight excluding hydrogens is 311 g/mol. The summed E-state index contributed by atoms with van der Waals surface area (Å²) in [5.74, 6) is -0.886. The number of amides is 1. The van der Waals surface area contributed by atoms with Gasteiger partial charge in [-0.1, -0.05) is 0 Å². The summed E-state index contributed by atoms with van der Waals surface area (Å²) >= 11 is 0. The minimum Gasteiger partial charge on any atom is -0.338 e. The first-order valence-corrected chi connectivity index (χ1v) is 6.32. The van der Waals surface area contributed by atoms with Crippen molar-refractivity contribution in [2.24, 2.45) is 0 Å². The average Bonchev–Trinajstić information content (AvgIpc) is 2.48. The number of aromatic nitrogens is 2. The topological polar surface area (TPSA) is 90.7 Å². The van der Waals surface area contributed by atoms with Crippen molar-refractivity contribution in [3.63, 3.8) is 0 Å². The molecule has 9 heteroatoms. The van der Waals surface area contributed by atoms with Crippen LogP contribution in [0.2, 0.25) is 0 Å². The van der Waals surface area contributed by atoms with Gasteiger partial charge >= 0.3 is 6.18 Å². The largest absolute Gasteiger partial charge is 0.397 e. The summed E-state index contributed by atoms with van der Waals surface area (Å²) in [4.78, 5) is 19.0. The van der Waals surface area contributed by atoms with Crippen LogP contribution in [0.15, 0.2) is 36.7 Å². The maximum atomic E-state index is 12.1. The highest BCUT2D eigenvalue weighted by Crippen LogP contribution is 2.22. The van der Waals surface area contributed by atoms with Crippen LogP contribution in [0.3, 0.4) is 0 Å². The summed E-state index contributed by atoms with van der Waals surface area (Å²) < 4.78 is 36.2. The lowest BCUT2D eigenvalue weighted by molar-refractivity contribution is -0.150. The molecule has 2 N–H and O–H groups in total. The minimum absolute atomic E-state index is 0.107. The van der Waals surface area contributed by atoms with Crippen molar-refractivity contribution in [3.8, 4) is 6.07 Å². The number of carbonyl (C=O) groups is 1. The highest BCUT2D eigenvalue weighted by Gasteiger charge is 2.31. The van der Waals surface area contributed by atoms with Gasteiger partial charge in [0.25, 0.3) is 0 Å². The molecule has 23 heavy (non-hydrogen) atoms. The normalized spacial score (nSPS) is 10.7. The Labute approximate surface area is 129 Å². The molecule has 0 atom stereocenters. The van der Waals surface area contributed by atoms with Crippen LogP contribution in [-0.2, 0) is 4.79 Å². The average molecular weight is 321 g/mol. The van der Waals surface area contributed by atoms with Gasteiger partial charge in [-0.15, -0.1) is 0 Å². The van der Waals surface area contributed by atoms with Gasteiger partial charge in [0.2, 0.25) is 5.91 Å². The van der Waals surface area contributed by atoms with Gasteiger partial charge in [0, 0.05) is 23.8 Å². The highest BCUT2D eigenvalue weighted by atomic mass is 19.4. The van der Waals surface area contributed by atoms with Gasteiger partial charge in [-0.3, -0.25) is 4.79 Å². The predicted octanol–water partition coefficient (Wildman–Crippen LogP) is 2.98. The van der Waals surface area contributed by atoms with Gasteiger partial charge in [0.05, 0.1) is 0 Å². The highest BCUT2D eigenvalue weighted by molar-refractivity contribution is 5.91. The van der Waals surface area contributed by atoms with Crippen molar-refractivity contribution in [3.05, 3.63) is 42.4 Å². The quantitative estimate of drug-likeness (QED) is 0.903. The molecule has 0 fully saturated rings. The van der Waals surface area contributed by atoms with Crippen molar-refractivity contribution < 1.29 is 18.0 Å². The van der Waals surface area contributed by atoms with E-state index in [1.807, 2.05) is 6.07 Å². The molecule has 1 heterocycles. The maximum Gasteiger partial charge on any atom is 0.397 e. The number of carbonyl (C=O) groups excluding carboxylic acids is 1. The van der Waals surface area contributed by atoms with E-state index >= 15 is 0 Å². The zero-order valence-corrected chi connectivity index (χ0v) is 11.6. The maximum absolute atomic E-state index is 12.1. The molecular formula is C14H10F3N5O. The number of nitrogens with one attached hydrogen (secondary N) is 2. The number of hydrogen-bond donors (Lipinski definition) is 2. The van der Waals surface area contributed by atoms with Gasteiger partial charge in [-0.25, -0.2) is 9.97 Å². The van der Waals surface area contributed by atoms with Crippen LogP contribution in [0.4, 0.5) is 30.4 Å². The summed E-state index contributed by atoms with van der Waals surface area (Å²) in [6, 6.07) is 7.79. The van der Waals surface area contributed by atoms with Crippen LogP contribution < -0.4 is 10.6 Å². The first-order valence-electron chi connectivity index (χ1n) is 6.32. The molecule has 2 rings (SSSR count). The molecule has 0 aliphatic carbocycles. The summed E-state index contributed by atoms with van der Waals surface area (Å²) in [6.45, 7) is 0. The van der Waals surface area contributed by atoms with E-state index in [2.05, 4.69) is 20.6 Å². The third kappa shape index (κ3) is 4.96. The van der Waals surface area contributed by atoms with E-state index in [0.717, 1.165) is 0 Å². The molecule has 118 valence electrons. The van der Waals surface area contributed by atoms with Crippen molar-refractivity contribution in [1.82, 2.24) is 9.97 Å². The van der Waals surface area contributed by atoms with Crippen molar-refractivity contribution >= 4 is 23.1 Å². The number of hydrogen-bond acceptors (Lipinski definition) is 5. The molecule has 6 nitrogen and oxygen atoms in total. The van der Waals surface area contributed by atoms with E-state index in [9.17, 15) is 18.0 Å². The first-order chi connectivity index (χ1) is 10.9. The molecule has 1 aromatic carbocycles. The first kappa shape index (κ1) is 16.2. The second-order valence-corrected chi connectivity index (χ2v) is 4.41. The van der Waals surface area contributed by atoms with Gasteiger partial charge < -0.3 is 10.6 Å². The molecule has 0 saturated heterocycles. The molecule has 0 unspecified atom stereocenters. The van der Waals surface area contributed by atoms with Crippen molar-refractivity contribution in [1.29, 1.82) is 5.26 Å². The van der Waals surface area contributed by atoms with Crippen molar-refractivity contribution in [2.75, 3.05) is 10.6 Å². The zero-order chi connectivity index (χ0) is 16.9.